The van der Waals surface area contributed by atoms with Crippen LogP contribution < -0.4 is 5.32 Å². The molecule has 3 aromatic rings. The molecule has 3 aromatic heterocycles. The van der Waals surface area contributed by atoms with Gasteiger partial charge in [-0.15, -0.1) is 0 Å². The molecule has 0 aromatic carbocycles. The van der Waals surface area contributed by atoms with Gasteiger partial charge in [-0.05, 0) is 45.9 Å². The van der Waals surface area contributed by atoms with Gasteiger partial charge in [0.25, 0.3) is 5.91 Å². The van der Waals surface area contributed by atoms with E-state index in [1.165, 1.54) is 6.26 Å². The Kier molecular flexibility index (Phi) is 4.26. The van der Waals surface area contributed by atoms with Gasteiger partial charge < -0.3 is 19.4 Å². The summed E-state index contributed by atoms with van der Waals surface area (Å²) in [5, 5.41) is 17.2. The largest absolute Gasteiger partial charge is 0.466 e. The standard InChI is InChI=1S/C18H21N3O4/c1-11-8-14(13(3)21(11)16-9-12(2)25-20-16)17(22)19-10-18(4,23)15-6-5-7-24-15/h5-9,23H,10H2,1-4H3,(H,19,22)/t18-/m0/s1. The van der Waals surface area contributed by atoms with Crippen LogP contribution in [0.5, 0.6) is 0 Å². The van der Waals surface area contributed by atoms with Crippen LogP contribution in [0.25, 0.3) is 5.82 Å². The van der Waals surface area contributed by atoms with Crippen molar-refractivity contribution in [3.63, 3.8) is 0 Å². The molecule has 0 aliphatic carbocycles. The molecule has 0 saturated carbocycles. The van der Waals surface area contributed by atoms with E-state index in [9.17, 15) is 9.90 Å². The molecule has 1 amide bonds. The molecule has 0 bridgehead atoms. The molecule has 0 spiro atoms. The van der Waals surface area contributed by atoms with Gasteiger partial charge in [0, 0.05) is 17.5 Å². The van der Waals surface area contributed by atoms with Gasteiger partial charge in [-0.25, -0.2) is 0 Å². The molecule has 0 aliphatic heterocycles. The van der Waals surface area contributed by atoms with Crippen molar-refractivity contribution in [2.24, 2.45) is 0 Å². The lowest BCUT2D eigenvalue weighted by Crippen LogP contribution is -2.38. The van der Waals surface area contributed by atoms with Crippen LogP contribution in [-0.4, -0.2) is 27.3 Å². The minimum Gasteiger partial charge on any atom is -0.466 e. The molecule has 0 saturated heterocycles. The minimum absolute atomic E-state index is 0.0338. The van der Waals surface area contributed by atoms with Gasteiger partial charge in [0.2, 0.25) is 0 Å². The van der Waals surface area contributed by atoms with Gasteiger partial charge in [-0.1, -0.05) is 5.16 Å². The summed E-state index contributed by atoms with van der Waals surface area (Å²) in [4.78, 5) is 12.6. The van der Waals surface area contributed by atoms with E-state index >= 15 is 0 Å². The Morgan fingerprint density at radius 1 is 1.36 bits per heavy atom. The van der Waals surface area contributed by atoms with Crippen LogP contribution in [0, 0.1) is 20.8 Å². The first-order valence-electron chi connectivity index (χ1n) is 7.97. The zero-order valence-corrected chi connectivity index (χ0v) is 14.7. The van der Waals surface area contributed by atoms with Crippen molar-refractivity contribution in [3.05, 3.63) is 59.0 Å². The van der Waals surface area contributed by atoms with E-state index in [2.05, 4.69) is 10.5 Å². The number of carbonyl (C=O) groups excluding carboxylic acids is 1. The van der Waals surface area contributed by atoms with Crippen molar-refractivity contribution in [1.29, 1.82) is 0 Å². The van der Waals surface area contributed by atoms with E-state index in [0.717, 1.165) is 11.4 Å². The first kappa shape index (κ1) is 17.0. The average Bonchev–Trinajstić information content (AvgIpc) is 3.27. The molecule has 0 unspecified atom stereocenters. The van der Waals surface area contributed by atoms with Crippen LogP contribution in [0.4, 0.5) is 0 Å². The normalized spacial score (nSPS) is 13.6. The van der Waals surface area contributed by atoms with Crippen molar-refractivity contribution in [3.8, 4) is 5.82 Å². The highest BCUT2D eigenvalue weighted by Gasteiger charge is 2.28. The number of hydrogen-bond acceptors (Lipinski definition) is 5. The number of hydrogen-bond donors (Lipinski definition) is 2. The van der Waals surface area contributed by atoms with Crippen LogP contribution in [0.15, 0.2) is 39.5 Å². The fourth-order valence-corrected chi connectivity index (χ4v) is 2.82. The predicted molar refractivity (Wildman–Crippen MR) is 90.7 cm³/mol. The second-order valence-corrected chi connectivity index (χ2v) is 6.35. The van der Waals surface area contributed by atoms with Gasteiger partial charge >= 0.3 is 0 Å². The Bertz CT molecular complexity index is 888. The highest BCUT2D eigenvalue weighted by molar-refractivity contribution is 5.95. The van der Waals surface area contributed by atoms with E-state index in [1.807, 2.05) is 31.4 Å². The van der Waals surface area contributed by atoms with Crippen LogP contribution >= 0.6 is 0 Å². The van der Waals surface area contributed by atoms with Crippen molar-refractivity contribution >= 4 is 5.91 Å². The zero-order valence-electron chi connectivity index (χ0n) is 14.7. The van der Waals surface area contributed by atoms with Crippen molar-refractivity contribution < 1.29 is 18.8 Å². The van der Waals surface area contributed by atoms with E-state index < -0.39 is 5.60 Å². The lowest BCUT2D eigenvalue weighted by Gasteiger charge is -2.21. The highest BCUT2D eigenvalue weighted by atomic mass is 16.5. The Hall–Kier alpha value is -2.80. The molecule has 132 valence electrons. The fraction of sp³-hybridized carbons (Fsp3) is 0.333. The van der Waals surface area contributed by atoms with Crippen molar-refractivity contribution in [2.75, 3.05) is 6.54 Å². The maximum atomic E-state index is 12.6. The molecule has 7 nitrogen and oxygen atoms in total. The van der Waals surface area contributed by atoms with Crippen LogP contribution in [0.2, 0.25) is 0 Å². The molecule has 0 fully saturated rings. The summed E-state index contributed by atoms with van der Waals surface area (Å²) >= 11 is 0. The number of rotatable bonds is 5. The molecular formula is C18H21N3O4. The Morgan fingerprint density at radius 2 is 2.12 bits per heavy atom. The molecule has 0 radical (unpaired) electrons. The molecule has 7 heteroatoms. The molecule has 25 heavy (non-hydrogen) atoms. The number of aliphatic hydroxyl groups is 1. The number of nitrogens with one attached hydrogen (secondary N) is 1. The Labute approximate surface area is 145 Å². The quantitative estimate of drug-likeness (QED) is 0.743. The smallest absolute Gasteiger partial charge is 0.253 e. The van der Waals surface area contributed by atoms with E-state index in [4.69, 9.17) is 8.94 Å². The fourth-order valence-electron chi connectivity index (χ4n) is 2.82. The summed E-state index contributed by atoms with van der Waals surface area (Å²) in [5.41, 5.74) is 0.858. The molecule has 0 aliphatic rings. The second-order valence-electron chi connectivity index (χ2n) is 6.35. The first-order chi connectivity index (χ1) is 11.8. The summed E-state index contributed by atoms with van der Waals surface area (Å²) in [5.74, 6) is 1.46. The second kappa shape index (κ2) is 6.25. The number of nitrogens with zero attached hydrogens (tertiary/aromatic N) is 2. The maximum absolute atomic E-state index is 12.6. The molecular weight excluding hydrogens is 322 g/mol. The lowest BCUT2D eigenvalue weighted by molar-refractivity contribution is 0.0330. The van der Waals surface area contributed by atoms with Gasteiger partial charge in [0.15, 0.2) is 5.82 Å². The highest BCUT2D eigenvalue weighted by Crippen LogP contribution is 2.22. The Balaban J connectivity index is 1.79. The number of carbonyl (C=O) groups is 1. The van der Waals surface area contributed by atoms with E-state index in [-0.39, 0.29) is 12.5 Å². The molecule has 2 N–H and O–H groups in total. The summed E-state index contributed by atoms with van der Waals surface area (Å²) in [6, 6.07) is 6.96. The Morgan fingerprint density at radius 3 is 2.72 bits per heavy atom. The van der Waals surface area contributed by atoms with Crippen LogP contribution in [-0.2, 0) is 5.60 Å². The third kappa shape index (κ3) is 3.23. The third-order valence-electron chi connectivity index (χ3n) is 4.17. The molecule has 3 heterocycles. The average molecular weight is 343 g/mol. The minimum atomic E-state index is -1.28. The molecule has 1 atom stereocenters. The summed E-state index contributed by atoms with van der Waals surface area (Å²) in [6.45, 7) is 7.18. The predicted octanol–water partition coefficient (Wildman–Crippen LogP) is 2.62. The van der Waals surface area contributed by atoms with Gasteiger partial charge in [0.1, 0.15) is 17.1 Å². The number of amides is 1. The SMILES string of the molecule is Cc1cc(-n2c(C)cc(C(=O)NC[C@](C)(O)c3ccco3)c2C)no1. The van der Waals surface area contributed by atoms with E-state index in [1.54, 1.807) is 25.1 Å². The van der Waals surface area contributed by atoms with Crippen LogP contribution in [0.3, 0.4) is 0 Å². The van der Waals surface area contributed by atoms with Crippen molar-refractivity contribution in [1.82, 2.24) is 15.0 Å². The first-order valence-corrected chi connectivity index (χ1v) is 7.97. The maximum Gasteiger partial charge on any atom is 0.253 e. The number of aryl methyl sites for hydroxylation is 2. The monoisotopic (exact) mass is 343 g/mol. The zero-order chi connectivity index (χ0) is 18.2. The topological polar surface area (TPSA) is 93.4 Å². The summed E-state index contributed by atoms with van der Waals surface area (Å²) < 4.78 is 12.2. The molecule has 3 rings (SSSR count). The lowest BCUT2D eigenvalue weighted by atomic mass is 10.0. The van der Waals surface area contributed by atoms with E-state index in [0.29, 0.717) is 22.9 Å². The van der Waals surface area contributed by atoms with Gasteiger partial charge in [-0.3, -0.25) is 9.36 Å². The number of aromatic nitrogens is 2. The van der Waals surface area contributed by atoms with Gasteiger partial charge in [0.05, 0.1) is 18.4 Å². The third-order valence-corrected chi connectivity index (χ3v) is 4.17. The van der Waals surface area contributed by atoms with Gasteiger partial charge in [-0.2, -0.15) is 0 Å². The van der Waals surface area contributed by atoms with Crippen LogP contribution in [0.1, 0.15) is 40.2 Å². The summed E-state index contributed by atoms with van der Waals surface area (Å²) in [7, 11) is 0. The summed E-state index contributed by atoms with van der Waals surface area (Å²) in [6.07, 6.45) is 1.49. The number of furan rings is 1. The van der Waals surface area contributed by atoms with Crippen molar-refractivity contribution in [2.45, 2.75) is 33.3 Å².